The van der Waals surface area contributed by atoms with Gasteiger partial charge in [-0.3, -0.25) is 4.57 Å². The zero-order chi connectivity index (χ0) is 20.7. The number of aliphatic hydroxyl groups excluding tert-OH is 2. The summed E-state index contributed by atoms with van der Waals surface area (Å²) in [5.74, 6) is 0.256. The molecule has 9 heteroatoms. The van der Waals surface area contributed by atoms with Gasteiger partial charge in [0.1, 0.15) is 11.9 Å². The average Bonchev–Trinajstić information content (AvgIpc) is 2.58. The number of aryl methyl sites for hydroxylation is 1. The van der Waals surface area contributed by atoms with Gasteiger partial charge in [0, 0.05) is 19.4 Å². The van der Waals surface area contributed by atoms with E-state index < -0.39 is 38.3 Å². The number of phosphoric ester groups is 1. The van der Waals surface area contributed by atoms with Crippen LogP contribution in [0.5, 0.6) is 5.75 Å². The minimum atomic E-state index is -4.60. The third-order valence-corrected chi connectivity index (χ3v) is 5.70. The first kappa shape index (κ1) is 23.3. The number of phosphoric acid groups is 1. The Morgan fingerprint density at radius 2 is 1.93 bits per heavy atom. The van der Waals surface area contributed by atoms with E-state index in [-0.39, 0.29) is 18.6 Å². The van der Waals surface area contributed by atoms with Crippen molar-refractivity contribution >= 4 is 7.82 Å². The smallest absolute Gasteiger partial charge is 0.268 e. The lowest BCUT2D eigenvalue weighted by Crippen LogP contribution is -2.49. The average molecular weight is 417 g/mol. The van der Waals surface area contributed by atoms with Crippen LogP contribution >= 0.6 is 7.82 Å². The van der Waals surface area contributed by atoms with Gasteiger partial charge in [-0.05, 0) is 44.7 Å². The molecule has 0 saturated heterocycles. The van der Waals surface area contributed by atoms with Crippen molar-refractivity contribution in [2.45, 2.75) is 76.5 Å². The quantitative estimate of drug-likeness (QED) is 0.389. The Labute approximate surface area is 165 Å². The van der Waals surface area contributed by atoms with Crippen molar-refractivity contribution in [2.24, 2.45) is 0 Å². The highest BCUT2D eigenvalue weighted by molar-refractivity contribution is 7.45. The molecule has 0 bridgehead atoms. The zero-order valence-electron chi connectivity index (χ0n) is 16.3. The Morgan fingerprint density at radius 1 is 1.21 bits per heavy atom. The number of unbranched alkanes of at least 4 members (excludes halogenated alkanes) is 1. The van der Waals surface area contributed by atoms with Crippen LogP contribution in [0.25, 0.3) is 0 Å². The molecule has 1 fully saturated rings. The second kappa shape index (κ2) is 10.7. The third kappa shape index (κ3) is 7.44. The van der Waals surface area contributed by atoms with Crippen molar-refractivity contribution in [1.29, 1.82) is 0 Å². The molecule has 28 heavy (non-hydrogen) atoms. The molecular formula is C19H30O8P-. The molecule has 0 spiro atoms. The van der Waals surface area contributed by atoms with Gasteiger partial charge in [-0.2, -0.15) is 0 Å². The number of hydrogen-bond donors (Lipinski definition) is 3. The number of ether oxygens (including phenoxy) is 1. The summed E-state index contributed by atoms with van der Waals surface area (Å²) in [6, 6.07) is 7.12. The molecule has 1 aromatic rings. The number of hydrogen-bond acceptors (Lipinski definition) is 8. The maximum Gasteiger partial charge on any atom is 0.268 e. The zero-order valence-corrected chi connectivity index (χ0v) is 17.2. The molecule has 0 aliphatic heterocycles. The number of para-hydroxylation sites is 1. The van der Waals surface area contributed by atoms with Crippen LogP contribution < -0.4 is 4.89 Å². The number of rotatable bonds is 10. The summed E-state index contributed by atoms with van der Waals surface area (Å²) in [6.45, 7) is 3.44. The van der Waals surface area contributed by atoms with Crippen molar-refractivity contribution in [3.63, 3.8) is 0 Å². The highest BCUT2D eigenvalue weighted by Crippen LogP contribution is 2.44. The molecule has 0 heterocycles. The standard InChI is InChI=1S/C19H31O8P/c1-13(2)26-28(23,24)27-19-17(22)11-15(20)12-18(19)25-10-6-5-8-14-7-3-4-9-16(14)21/h3-4,7,9,13,15,17-22H,5-6,8,10-12H2,1-2H3,(H,23,24)/p-1/t15-,17-,18-,19-/m1/s1. The third-order valence-electron chi connectivity index (χ3n) is 4.52. The molecule has 3 N–H and O–H groups in total. The van der Waals surface area contributed by atoms with E-state index in [1.807, 2.05) is 12.1 Å². The number of aromatic hydroxyl groups is 1. The van der Waals surface area contributed by atoms with E-state index in [4.69, 9.17) is 13.8 Å². The topological polar surface area (TPSA) is 129 Å². The van der Waals surface area contributed by atoms with Gasteiger partial charge in [-0.25, -0.2) is 0 Å². The second-order valence-electron chi connectivity index (χ2n) is 7.36. The lowest BCUT2D eigenvalue weighted by atomic mass is 9.90. The summed E-state index contributed by atoms with van der Waals surface area (Å²) < 4.78 is 27.6. The Bertz CT molecular complexity index is 653. The molecule has 1 saturated carbocycles. The summed E-state index contributed by atoms with van der Waals surface area (Å²) in [7, 11) is -4.60. The normalized spacial score (nSPS) is 27.6. The number of benzene rings is 1. The predicted molar refractivity (Wildman–Crippen MR) is 101 cm³/mol. The van der Waals surface area contributed by atoms with Crippen LogP contribution in [0.15, 0.2) is 24.3 Å². The molecular weight excluding hydrogens is 387 g/mol. The fourth-order valence-electron chi connectivity index (χ4n) is 3.27. The van der Waals surface area contributed by atoms with Crippen LogP contribution in [0.2, 0.25) is 0 Å². The maximum atomic E-state index is 12.0. The summed E-state index contributed by atoms with van der Waals surface area (Å²) in [5.41, 5.74) is 0.852. The van der Waals surface area contributed by atoms with Gasteiger partial charge in [0.05, 0.1) is 24.4 Å². The van der Waals surface area contributed by atoms with Crippen LogP contribution in [0.3, 0.4) is 0 Å². The highest BCUT2D eigenvalue weighted by Gasteiger charge is 2.40. The van der Waals surface area contributed by atoms with Gasteiger partial charge in [-0.1, -0.05) is 18.2 Å². The Kier molecular flexibility index (Phi) is 8.89. The van der Waals surface area contributed by atoms with Crippen molar-refractivity contribution in [2.75, 3.05) is 6.61 Å². The first-order chi connectivity index (χ1) is 13.2. The monoisotopic (exact) mass is 417 g/mol. The van der Waals surface area contributed by atoms with E-state index in [2.05, 4.69) is 0 Å². The van der Waals surface area contributed by atoms with Crippen LogP contribution in [0.4, 0.5) is 0 Å². The van der Waals surface area contributed by atoms with Crippen molar-refractivity contribution in [3.8, 4) is 5.75 Å². The predicted octanol–water partition coefficient (Wildman–Crippen LogP) is 1.89. The van der Waals surface area contributed by atoms with Gasteiger partial charge in [0.2, 0.25) is 0 Å². The molecule has 1 unspecified atom stereocenters. The van der Waals surface area contributed by atoms with E-state index in [9.17, 15) is 24.8 Å². The molecule has 160 valence electrons. The summed E-state index contributed by atoms with van der Waals surface area (Å²) in [4.78, 5) is 12.0. The van der Waals surface area contributed by atoms with Crippen molar-refractivity contribution in [3.05, 3.63) is 29.8 Å². The number of phenolic OH excluding ortho intramolecular Hbond substituents is 1. The van der Waals surface area contributed by atoms with Crippen molar-refractivity contribution < 1.29 is 38.6 Å². The van der Waals surface area contributed by atoms with Gasteiger partial charge in [-0.15, -0.1) is 0 Å². The fourth-order valence-corrected chi connectivity index (χ4v) is 4.41. The SMILES string of the molecule is CC(C)OP(=O)([O-])O[C@@H]1[C@H](O)C[C@@H](O)C[C@H]1OCCCCc1ccccc1O. The molecule has 1 aliphatic rings. The van der Waals surface area contributed by atoms with Gasteiger partial charge >= 0.3 is 0 Å². The molecule has 8 nitrogen and oxygen atoms in total. The number of aliphatic hydroxyl groups is 2. The first-order valence-electron chi connectivity index (χ1n) is 9.60. The summed E-state index contributed by atoms with van der Waals surface area (Å²) in [6.07, 6.45) is -2.13. The van der Waals surface area contributed by atoms with Crippen molar-refractivity contribution in [1.82, 2.24) is 0 Å². The molecule has 5 atom stereocenters. The van der Waals surface area contributed by atoms with Gasteiger partial charge < -0.3 is 34.0 Å². The van der Waals surface area contributed by atoms with Crippen LogP contribution in [-0.2, 0) is 24.8 Å². The molecule has 0 radical (unpaired) electrons. The lowest BCUT2D eigenvalue weighted by molar-refractivity contribution is -0.246. The van der Waals surface area contributed by atoms with E-state index in [1.165, 1.54) is 0 Å². The minimum Gasteiger partial charge on any atom is -0.756 e. The Morgan fingerprint density at radius 3 is 2.61 bits per heavy atom. The summed E-state index contributed by atoms with van der Waals surface area (Å²) >= 11 is 0. The van der Waals surface area contributed by atoms with Crippen LogP contribution in [0.1, 0.15) is 45.1 Å². The Balaban J connectivity index is 1.85. The van der Waals surface area contributed by atoms with Gasteiger partial charge in [0.15, 0.2) is 0 Å². The second-order valence-corrected chi connectivity index (χ2v) is 8.68. The molecule has 1 aliphatic carbocycles. The lowest BCUT2D eigenvalue weighted by Gasteiger charge is -2.40. The molecule has 2 rings (SSSR count). The molecule has 0 amide bonds. The minimum absolute atomic E-state index is 0.0134. The van der Waals surface area contributed by atoms with E-state index in [1.54, 1.807) is 26.0 Å². The van der Waals surface area contributed by atoms with Gasteiger partial charge in [0.25, 0.3) is 7.82 Å². The maximum absolute atomic E-state index is 12.0. The van der Waals surface area contributed by atoms with E-state index in [0.717, 1.165) is 12.0 Å². The van der Waals surface area contributed by atoms with Crippen LogP contribution in [0, 0.1) is 0 Å². The highest BCUT2D eigenvalue weighted by atomic mass is 31.2. The fraction of sp³-hybridized carbons (Fsp3) is 0.684. The Hall–Kier alpha value is -0.990. The first-order valence-corrected chi connectivity index (χ1v) is 11.1. The molecule has 1 aromatic carbocycles. The van der Waals surface area contributed by atoms with E-state index >= 15 is 0 Å². The summed E-state index contributed by atoms with van der Waals surface area (Å²) in [5, 5.41) is 29.8. The van der Waals surface area contributed by atoms with Crippen LogP contribution in [-0.4, -0.2) is 52.4 Å². The largest absolute Gasteiger partial charge is 0.756 e. The molecule has 0 aromatic heterocycles. The van der Waals surface area contributed by atoms with E-state index in [0.29, 0.717) is 19.4 Å². The number of phenols is 1.